The molecule has 0 saturated carbocycles. The van der Waals surface area contributed by atoms with E-state index in [-0.39, 0.29) is 5.91 Å². The topological polar surface area (TPSA) is 59.6 Å². The molecule has 1 atom stereocenters. The van der Waals surface area contributed by atoms with Crippen molar-refractivity contribution < 1.29 is 14.3 Å². The van der Waals surface area contributed by atoms with Gasteiger partial charge in [-0.2, -0.15) is 0 Å². The smallest absolute Gasteiger partial charge is 0.255 e. The molecular formula is C15H22N2O3. The number of rotatable bonds is 5. The fraction of sp³-hybridized carbons (Fsp3) is 0.533. The molecule has 0 radical (unpaired) electrons. The molecular weight excluding hydrogens is 256 g/mol. The van der Waals surface area contributed by atoms with Gasteiger partial charge in [0.15, 0.2) is 0 Å². The molecule has 1 aromatic carbocycles. The highest BCUT2D eigenvalue weighted by molar-refractivity contribution is 5.97. The van der Waals surface area contributed by atoms with E-state index in [4.69, 9.17) is 9.47 Å². The van der Waals surface area contributed by atoms with Crippen LogP contribution in [0.2, 0.25) is 0 Å². The average Bonchev–Trinajstić information content (AvgIpc) is 2.52. The number of hydrogen-bond donors (Lipinski definition) is 2. The van der Waals surface area contributed by atoms with Gasteiger partial charge >= 0.3 is 0 Å². The molecule has 1 amide bonds. The predicted octanol–water partition coefficient (Wildman–Crippen LogP) is 1.43. The summed E-state index contributed by atoms with van der Waals surface area (Å²) < 4.78 is 10.4. The van der Waals surface area contributed by atoms with Crippen molar-refractivity contribution in [3.05, 3.63) is 23.8 Å². The van der Waals surface area contributed by atoms with Crippen LogP contribution in [0.15, 0.2) is 18.2 Å². The van der Waals surface area contributed by atoms with Gasteiger partial charge in [0.05, 0.1) is 19.8 Å². The normalized spacial score (nSPS) is 18.4. The molecule has 1 fully saturated rings. The van der Waals surface area contributed by atoms with Gasteiger partial charge in [-0.3, -0.25) is 4.79 Å². The van der Waals surface area contributed by atoms with Crippen LogP contribution in [-0.4, -0.2) is 39.8 Å². The first-order valence-corrected chi connectivity index (χ1v) is 6.95. The van der Waals surface area contributed by atoms with Crippen molar-refractivity contribution in [1.29, 1.82) is 0 Å². The van der Waals surface area contributed by atoms with E-state index >= 15 is 0 Å². The summed E-state index contributed by atoms with van der Waals surface area (Å²) in [7, 11) is 3.14. The number of nitrogens with one attached hydrogen (secondary N) is 2. The second-order valence-electron chi connectivity index (χ2n) is 4.99. The maximum absolute atomic E-state index is 12.3. The number of ether oxygens (including phenoxy) is 2. The summed E-state index contributed by atoms with van der Waals surface area (Å²) in [6.07, 6.45) is 2.32. The first-order valence-electron chi connectivity index (χ1n) is 6.95. The van der Waals surface area contributed by atoms with Crippen LogP contribution >= 0.6 is 0 Å². The van der Waals surface area contributed by atoms with Gasteiger partial charge in [-0.05, 0) is 50.0 Å². The van der Waals surface area contributed by atoms with E-state index in [2.05, 4.69) is 10.6 Å². The molecule has 0 spiro atoms. The number of methoxy groups -OCH3 is 2. The van der Waals surface area contributed by atoms with Crippen molar-refractivity contribution in [1.82, 2.24) is 10.6 Å². The van der Waals surface area contributed by atoms with Gasteiger partial charge in [-0.15, -0.1) is 0 Å². The summed E-state index contributed by atoms with van der Waals surface area (Å²) in [5.74, 6) is 1.59. The Morgan fingerprint density at radius 3 is 2.90 bits per heavy atom. The standard InChI is InChI=1S/C15H22N2O3/c1-19-12-5-6-14(20-2)13(8-12)15(18)17-10-11-4-3-7-16-9-11/h5-6,8,11,16H,3-4,7,9-10H2,1-2H3,(H,17,18). The van der Waals surface area contributed by atoms with Gasteiger partial charge in [0.1, 0.15) is 11.5 Å². The largest absolute Gasteiger partial charge is 0.497 e. The minimum atomic E-state index is -0.119. The molecule has 2 N–H and O–H groups in total. The Morgan fingerprint density at radius 2 is 2.25 bits per heavy atom. The molecule has 0 aliphatic carbocycles. The molecule has 0 bridgehead atoms. The Balaban J connectivity index is 2.00. The van der Waals surface area contributed by atoms with Crippen molar-refractivity contribution >= 4 is 5.91 Å². The first kappa shape index (κ1) is 14.7. The van der Waals surface area contributed by atoms with Crippen LogP contribution in [0.5, 0.6) is 11.5 Å². The third kappa shape index (κ3) is 3.63. The third-order valence-electron chi connectivity index (χ3n) is 3.60. The van der Waals surface area contributed by atoms with Crippen LogP contribution < -0.4 is 20.1 Å². The molecule has 2 rings (SSSR count). The van der Waals surface area contributed by atoms with Crippen molar-refractivity contribution in [3.63, 3.8) is 0 Å². The maximum atomic E-state index is 12.3. The van der Waals surface area contributed by atoms with Gasteiger partial charge in [-0.25, -0.2) is 0 Å². The highest BCUT2D eigenvalue weighted by Gasteiger charge is 2.17. The van der Waals surface area contributed by atoms with E-state index in [0.717, 1.165) is 19.5 Å². The van der Waals surface area contributed by atoms with Gasteiger partial charge < -0.3 is 20.1 Å². The lowest BCUT2D eigenvalue weighted by molar-refractivity contribution is 0.0941. The predicted molar refractivity (Wildman–Crippen MR) is 77.5 cm³/mol. The molecule has 1 unspecified atom stereocenters. The zero-order valence-corrected chi connectivity index (χ0v) is 12.1. The molecule has 0 aromatic heterocycles. The highest BCUT2D eigenvalue weighted by Crippen LogP contribution is 2.23. The molecule has 1 aliphatic heterocycles. The van der Waals surface area contributed by atoms with Crippen molar-refractivity contribution in [2.75, 3.05) is 33.9 Å². The van der Waals surface area contributed by atoms with Gasteiger partial charge in [0.2, 0.25) is 0 Å². The van der Waals surface area contributed by atoms with E-state index in [1.807, 2.05) is 0 Å². The van der Waals surface area contributed by atoms with Crippen LogP contribution in [0.4, 0.5) is 0 Å². The summed E-state index contributed by atoms with van der Waals surface area (Å²) >= 11 is 0. The van der Waals surface area contributed by atoms with Crippen LogP contribution in [0.3, 0.4) is 0 Å². The zero-order chi connectivity index (χ0) is 14.4. The summed E-state index contributed by atoms with van der Waals surface area (Å²) in [5.41, 5.74) is 0.510. The fourth-order valence-corrected chi connectivity index (χ4v) is 2.42. The van der Waals surface area contributed by atoms with E-state index < -0.39 is 0 Å². The lowest BCUT2D eigenvalue weighted by atomic mass is 9.99. The van der Waals surface area contributed by atoms with E-state index in [9.17, 15) is 4.79 Å². The molecule has 1 aromatic rings. The van der Waals surface area contributed by atoms with Gasteiger partial charge in [-0.1, -0.05) is 0 Å². The maximum Gasteiger partial charge on any atom is 0.255 e. The number of amides is 1. The van der Waals surface area contributed by atoms with Crippen molar-refractivity contribution in [2.45, 2.75) is 12.8 Å². The number of piperidine rings is 1. The van der Waals surface area contributed by atoms with Crippen molar-refractivity contribution in [2.24, 2.45) is 5.92 Å². The number of hydrogen-bond acceptors (Lipinski definition) is 4. The quantitative estimate of drug-likeness (QED) is 0.855. The van der Waals surface area contributed by atoms with Crippen molar-refractivity contribution in [3.8, 4) is 11.5 Å². The summed E-state index contributed by atoms with van der Waals surface area (Å²) in [4.78, 5) is 12.3. The van der Waals surface area contributed by atoms with Gasteiger partial charge in [0.25, 0.3) is 5.91 Å². The highest BCUT2D eigenvalue weighted by atomic mass is 16.5. The number of benzene rings is 1. The Kier molecular flexibility index (Phi) is 5.24. The number of carbonyl (C=O) groups is 1. The Hall–Kier alpha value is -1.75. The second-order valence-corrected chi connectivity index (χ2v) is 4.99. The van der Waals surface area contributed by atoms with E-state index in [1.54, 1.807) is 32.4 Å². The SMILES string of the molecule is COc1ccc(OC)c(C(=O)NCC2CCCNC2)c1. The summed E-state index contributed by atoms with van der Waals surface area (Å²) in [6.45, 7) is 2.73. The molecule has 5 heteroatoms. The van der Waals surface area contributed by atoms with Crippen LogP contribution in [0.25, 0.3) is 0 Å². The molecule has 5 nitrogen and oxygen atoms in total. The minimum Gasteiger partial charge on any atom is -0.497 e. The average molecular weight is 278 g/mol. The zero-order valence-electron chi connectivity index (χ0n) is 12.1. The van der Waals surface area contributed by atoms with Crippen LogP contribution in [0, 0.1) is 5.92 Å². The number of carbonyl (C=O) groups excluding carboxylic acids is 1. The van der Waals surface area contributed by atoms with E-state index in [0.29, 0.717) is 29.5 Å². The Morgan fingerprint density at radius 1 is 1.40 bits per heavy atom. The molecule has 110 valence electrons. The summed E-state index contributed by atoms with van der Waals surface area (Å²) in [5, 5.41) is 6.32. The Labute approximate surface area is 119 Å². The third-order valence-corrected chi connectivity index (χ3v) is 3.60. The molecule has 1 aliphatic rings. The van der Waals surface area contributed by atoms with Crippen LogP contribution in [-0.2, 0) is 0 Å². The van der Waals surface area contributed by atoms with Gasteiger partial charge in [0, 0.05) is 6.54 Å². The molecule has 1 heterocycles. The lowest BCUT2D eigenvalue weighted by Crippen LogP contribution is -2.38. The lowest BCUT2D eigenvalue weighted by Gasteiger charge is -2.23. The molecule has 20 heavy (non-hydrogen) atoms. The second kappa shape index (κ2) is 7.14. The molecule has 1 saturated heterocycles. The van der Waals surface area contributed by atoms with E-state index in [1.165, 1.54) is 6.42 Å². The monoisotopic (exact) mass is 278 g/mol. The first-order chi connectivity index (χ1) is 9.74. The minimum absolute atomic E-state index is 0.119. The Bertz CT molecular complexity index is 456. The summed E-state index contributed by atoms with van der Waals surface area (Å²) in [6, 6.07) is 5.23. The fourth-order valence-electron chi connectivity index (χ4n) is 2.42. The van der Waals surface area contributed by atoms with Crippen LogP contribution in [0.1, 0.15) is 23.2 Å².